The summed E-state index contributed by atoms with van der Waals surface area (Å²) >= 11 is 0. The maximum absolute atomic E-state index is 6.63. The Labute approximate surface area is 229 Å². The number of fused-ring (bicyclic) bond motifs is 1. The molecule has 0 saturated heterocycles. The smallest absolute Gasteiger partial charge is 0.132 e. The van der Waals surface area contributed by atoms with E-state index in [4.69, 9.17) is 14.2 Å². The van der Waals surface area contributed by atoms with Gasteiger partial charge in [-0.25, -0.2) is 0 Å². The summed E-state index contributed by atoms with van der Waals surface area (Å²) in [5.41, 5.74) is 5.47. The van der Waals surface area contributed by atoms with Crippen molar-refractivity contribution in [2.24, 2.45) is 0 Å². The van der Waals surface area contributed by atoms with Gasteiger partial charge in [0, 0.05) is 24.4 Å². The van der Waals surface area contributed by atoms with Crippen molar-refractivity contribution in [3.63, 3.8) is 0 Å². The maximum atomic E-state index is 6.63. The summed E-state index contributed by atoms with van der Waals surface area (Å²) in [7, 11) is 0. The molecule has 38 heavy (non-hydrogen) atoms. The third kappa shape index (κ3) is 7.18. The second-order valence-corrected chi connectivity index (χ2v) is 12.0. The van der Waals surface area contributed by atoms with Crippen LogP contribution < -0.4 is 10.1 Å². The zero-order chi connectivity index (χ0) is 27.2. The Morgan fingerprint density at radius 2 is 1.61 bits per heavy atom. The Morgan fingerprint density at radius 1 is 0.868 bits per heavy atom. The molecule has 4 heteroatoms. The van der Waals surface area contributed by atoms with Gasteiger partial charge in [0.05, 0.1) is 6.61 Å². The van der Waals surface area contributed by atoms with E-state index in [0.717, 1.165) is 42.0 Å². The second-order valence-electron chi connectivity index (χ2n) is 12.0. The fraction of sp³-hybridized carbons (Fsp3) is 0.471. The largest absolute Gasteiger partial charge is 0.485 e. The molecule has 1 N–H and O–H groups in total. The van der Waals surface area contributed by atoms with Crippen molar-refractivity contribution in [1.82, 2.24) is 0 Å². The number of ether oxygens (including phenoxy) is 3. The highest BCUT2D eigenvalue weighted by atomic mass is 16.6. The molecule has 0 spiro atoms. The molecule has 0 fully saturated rings. The lowest BCUT2D eigenvalue weighted by Gasteiger charge is -2.44. The van der Waals surface area contributed by atoms with E-state index >= 15 is 0 Å². The fourth-order valence-corrected chi connectivity index (χ4v) is 4.96. The number of rotatable bonds is 11. The first-order valence-electron chi connectivity index (χ1n) is 14.1. The third-order valence-corrected chi connectivity index (χ3v) is 7.28. The lowest BCUT2D eigenvalue weighted by atomic mass is 9.87. The van der Waals surface area contributed by atoms with E-state index in [0.29, 0.717) is 13.2 Å². The molecule has 204 valence electrons. The van der Waals surface area contributed by atoms with E-state index in [2.05, 4.69) is 114 Å². The van der Waals surface area contributed by atoms with Crippen LogP contribution in [0.15, 0.2) is 72.8 Å². The van der Waals surface area contributed by atoms with Crippen LogP contribution in [-0.2, 0) is 28.0 Å². The average molecular weight is 516 g/mol. The summed E-state index contributed by atoms with van der Waals surface area (Å²) in [4.78, 5) is 0. The highest BCUT2D eigenvalue weighted by Gasteiger charge is 2.45. The van der Waals surface area contributed by atoms with E-state index in [1.807, 2.05) is 6.07 Å². The molecule has 4 rings (SSSR count). The van der Waals surface area contributed by atoms with Crippen molar-refractivity contribution in [2.45, 2.75) is 97.2 Å². The van der Waals surface area contributed by atoms with Gasteiger partial charge in [-0.3, -0.25) is 0 Å². The molecule has 0 amide bonds. The predicted octanol–water partition coefficient (Wildman–Crippen LogP) is 8.60. The minimum atomic E-state index is -0.510. The Kier molecular flexibility index (Phi) is 9.17. The van der Waals surface area contributed by atoms with Gasteiger partial charge in [0.15, 0.2) is 0 Å². The van der Waals surface area contributed by atoms with Crippen molar-refractivity contribution in [2.75, 3.05) is 11.9 Å². The van der Waals surface area contributed by atoms with Crippen LogP contribution in [-0.4, -0.2) is 18.3 Å². The molecule has 2 unspecified atom stereocenters. The number of anilines is 1. The summed E-state index contributed by atoms with van der Waals surface area (Å²) < 4.78 is 19.6. The summed E-state index contributed by atoms with van der Waals surface area (Å²) in [6, 6.07) is 25.6. The number of benzene rings is 3. The highest BCUT2D eigenvalue weighted by molar-refractivity contribution is 5.54. The SMILES string of the molecule is CCCCCOC1C(OCc2ccccc2)c2cc(NCc3ccc(C(C)(C)C)cc3)ccc2OC1(C)C. The second kappa shape index (κ2) is 12.4. The van der Waals surface area contributed by atoms with Crippen LogP contribution in [0.3, 0.4) is 0 Å². The van der Waals surface area contributed by atoms with Crippen molar-refractivity contribution in [3.05, 3.63) is 95.1 Å². The lowest BCUT2D eigenvalue weighted by molar-refractivity contribution is -0.166. The van der Waals surface area contributed by atoms with Crippen LogP contribution in [0.1, 0.15) is 89.2 Å². The zero-order valence-electron chi connectivity index (χ0n) is 24.1. The first kappa shape index (κ1) is 28.2. The van der Waals surface area contributed by atoms with E-state index in [-0.39, 0.29) is 17.6 Å². The molecule has 2 atom stereocenters. The average Bonchev–Trinajstić information content (AvgIpc) is 2.89. The van der Waals surface area contributed by atoms with Crippen molar-refractivity contribution in [1.29, 1.82) is 0 Å². The highest BCUT2D eigenvalue weighted by Crippen LogP contribution is 2.44. The van der Waals surface area contributed by atoms with E-state index in [1.54, 1.807) is 0 Å². The van der Waals surface area contributed by atoms with Crippen LogP contribution in [0.2, 0.25) is 0 Å². The Balaban J connectivity index is 1.55. The molecular formula is C34H45NO3. The summed E-state index contributed by atoms with van der Waals surface area (Å²) in [5, 5.41) is 3.61. The third-order valence-electron chi connectivity index (χ3n) is 7.28. The monoisotopic (exact) mass is 515 g/mol. The first-order valence-corrected chi connectivity index (χ1v) is 14.1. The molecule has 0 aromatic heterocycles. The van der Waals surface area contributed by atoms with Crippen LogP contribution >= 0.6 is 0 Å². The molecule has 0 saturated carbocycles. The number of nitrogens with one attached hydrogen (secondary N) is 1. The number of hydrogen-bond acceptors (Lipinski definition) is 4. The van der Waals surface area contributed by atoms with Gasteiger partial charge in [-0.1, -0.05) is 95.1 Å². The molecule has 0 radical (unpaired) electrons. The summed E-state index contributed by atoms with van der Waals surface area (Å²) in [6.45, 7) is 15.1. The summed E-state index contributed by atoms with van der Waals surface area (Å²) in [5.74, 6) is 0.863. The molecule has 3 aromatic rings. The lowest BCUT2D eigenvalue weighted by Crippen LogP contribution is -2.51. The van der Waals surface area contributed by atoms with Gasteiger partial charge in [0.25, 0.3) is 0 Å². The van der Waals surface area contributed by atoms with Crippen molar-refractivity contribution in [3.8, 4) is 5.75 Å². The van der Waals surface area contributed by atoms with Crippen LogP contribution in [0.25, 0.3) is 0 Å². The van der Waals surface area contributed by atoms with Gasteiger partial charge >= 0.3 is 0 Å². The molecule has 4 nitrogen and oxygen atoms in total. The fourth-order valence-electron chi connectivity index (χ4n) is 4.96. The predicted molar refractivity (Wildman–Crippen MR) is 157 cm³/mol. The Morgan fingerprint density at radius 3 is 2.29 bits per heavy atom. The molecule has 3 aromatic carbocycles. The summed E-state index contributed by atoms with van der Waals surface area (Å²) in [6.07, 6.45) is 2.92. The van der Waals surface area contributed by atoms with Gasteiger partial charge in [-0.05, 0) is 60.6 Å². The van der Waals surface area contributed by atoms with Crippen molar-refractivity contribution < 1.29 is 14.2 Å². The first-order chi connectivity index (χ1) is 18.2. The van der Waals surface area contributed by atoms with E-state index in [9.17, 15) is 0 Å². The van der Waals surface area contributed by atoms with Gasteiger partial charge in [-0.2, -0.15) is 0 Å². The maximum Gasteiger partial charge on any atom is 0.132 e. The molecule has 0 aliphatic carbocycles. The van der Waals surface area contributed by atoms with Gasteiger partial charge < -0.3 is 19.5 Å². The molecule has 0 bridgehead atoms. The molecule has 1 aliphatic rings. The van der Waals surface area contributed by atoms with Crippen molar-refractivity contribution >= 4 is 5.69 Å². The van der Waals surface area contributed by atoms with Crippen LogP contribution in [0.5, 0.6) is 5.75 Å². The topological polar surface area (TPSA) is 39.7 Å². The standard InChI is InChI=1S/C34H45NO3/c1-7-8-12-21-36-32-31(37-24-26-13-10-9-11-14-26)29-22-28(19-20-30(29)38-34(32,5)6)35-23-25-15-17-27(18-16-25)33(2,3)4/h9-11,13-20,22,31-32,35H,7-8,12,21,23-24H2,1-6H3. The van der Waals surface area contributed by atoms with Gasteiger partial charge in [0.2, 0.25) is 0 Å². The van der Waals surface area contributed by atoms with Gasteiger partial charge in [0.1, 0.15) is 23.6 Å². The zero-order valence-corrected chi connectivity index (χ0v) is 24.1. The molecule has 1 heterocycles. The minimum Gasteiger partial charge on any atom is -0.485 e. The minimum absolute atomic E-state index is 0.155. The Bertz CT molecular complexity index is 1150. The van der Waals surface area contributed by atoms with Gasteiger partial charge in [-0.15, -0.1) is 0 Å². The number of unbranched alkanes of at least 4 members (excludes halogenated alkanes) is 2. The Hall–Kier alpha value is -2.82. The van der Waals surface area contributed by atoms with E-state index < -0.39 is 5.60 Å². The number of hydrogen-bond donors (Lipinski definition) is 1. The molecular weight excluding hydrogens is 470 g/mol. The quantitative estimate of drug-likeness (QED) is 0.260. The normalized spacial score (nSPS) is 18.5. The van der Waals surface area contributed by atoms with E-state index in [1.165, 1.54) is 17.5 Å². The van der Waals surface area contributed by atoms with Crippen LogP contribution in [0.4, 0.5) is 5.69 Å². The molecule has 1 aliphatic heterocycles. The van der Waals surface area contributed by atoms with Crippen LogP contribution in [0, 0.1) is 0 Å².